The number of nitrogens with zero attached hydrogens (tertiary/aromatic N) is 2. The molecule has 1 atom stereocenters. The summed E-state index contributed by atoms with van der Waals surface area (Å²) in [4.78, 5) is 68.9. The first-order chi connectivity index (χ1) is 27.9. The van der Waals surface area contributed by atoms with Crippen LogP contribution in [0.5, 0.6) is 5.75 Å². The second-order valence-electron chi connectivity index (χ2n) is 18.0. The number of hydrogen-bond acceptors (Lipinski definition) is 13. The predicted molar refractivity (Wildman–Crippen MR) is 229 cm³/mol. The van der Waals surface area contributed by atoms with Crippen LogP contribution < -0.4 is 14.8 Å². The normalized spacial score (nSPS) is 13.0. The summed E-state index contributed by atoms with van der Waals surface area (Å²) < 4.78 is 58.2. The first kappa shape index (κ1) is 49.6. The van der Waals surface area contributed by atoms with Crippen LogP contribution in [0.25, 0.3) is 0 Å². The van der Waals surface area contributed by atoms with Gasteiger partial charge in [0.25, 0.3) is 0 Å². The van der Waals surface area contributed by atoms with Crippen LogP contribution in [0.15, 0.2) is 77.8 Å². The highest BCUT2D eigenvalue weighted by molar-refractivity contribution is 7.87. The van der Waals surface area contributed by atoms with Gasteiger partial charge in [-0.15, -0.1) is 0 Å². The van der Waals surface area contributed by atoms with Gasteiger partial charge in [-0.25, -0.2) is 24.2 Å². The summed E-state index contributed by atoms with van der Waals surface area (Å²) in [5.41, 5.74) is -1.78. The van der Waals surface area contributed by atoms with Crippen molar-refractivity contribution in [1.82, 2.24) is 14.3 Å². The van der Waals surface area contributed by atoms with Crippen LogP contribution in [0.3, 0.4) is 0 Å². The zero-order chi connectivity index (χ0) is 46.1. The van der Waals surface area contributed by atoms with Gasteiger partial charge in [-0.1, -0.05) is 24.3 Å². The number of carbonyl (C=O) groups is 5. The third-order valence-electron chi connectivity index (χ3n) is 7.44. The highest BCUT2D eigenvalue weighted by atomic mass is 32.2. The van der Waals surface area contributed by atoms with E-state index in [1.807, 2.05) is 0 Å². The van der Waals surface area contributed by atoms with Gasteiger partial charge < -0.3 is 23.7 Å². The molecule has 332 valence electrons. The topological polar surface area (TPSA) is 205 Å². The summed E-state index contributed by atoms with van der Waals surface area (Å²) in [6.45, 7) is 21.1. The summed E-state index contributed by atoms with van der Waals surface area (Å²) in [6.07, 6.45) is -2.07. The van der Waals surface area contributed by atoms with Crippen LogP contribution >= 0.6 is 0 Å². The molecular formula is C44H58N4O12S. The van der Waals surface area contributed by atoms with Gasteiger partial charge in [-0.2, -0.15) is 17.4 Å². The molecule has 16 nitrogen and oxygen atoms in total. The molecule has 0 aliphatic rings. The highest BCUT2D eigenvalue weighted by Gasteiger charge is 2.37. The molecular weight excluding hydrogens is 809 g/mol. The number of esters is 3. The fourth-order valence-electron chi connectivity index (χ4n) is 5.04. The van der Waals surface area contributed by atoms with Gasteiger partial charge in [0.1, 0.15) is 40.0 Å². The van der Waals surface area contributed by atoms with Gasteiger partial charge in [-0.3, -0.25) is 10.1 Å². The van der Waals surface area contributed by atoms with E-state index in [0.29, 0.717) is 21.1 Å². The highest BCUT2D eigenvalue weighted by Crippen LogP contribution is 2.22. The molecule has 0 aliphatic heterocycles. The summed E-state index contributed by atoms with van der Waals surface area (Å²) in [5, 5.41) is 2.53. The zero-order valence-electron chi connectivity index (χ0n) is 37.1. The maximum Gasteiger partial charge on any atom is 0.425 e. The Morgan fingerprint density at radius 1 is 0.623 bits per heavy atom. The molecule has 3 aromatic rings. The van der Waals surface area contributed by atoms with Crippen molar-refractivity contribution in [3.63, 3.8) is 0 Å². The van der Waals surface area contributed by atoms with E-state index >= 15 is 0 Å². The summed E-state index contributed by atoms with van der Waals surface area (Å²) in [6, 6.07) is 16.5. The average molecular weight is 867 g/mol. The van der Waals surface area contributed by atoms with Crippen molar-refractivity contribution in [2.45, 2.75) is 131 Å². The molecule has 0 saturated heterocycles. The SMILES string of the molecule is CC(=Nc1ccc(C(=O)Oc2ccc(CN(C(=O)OC(C)(C)C)S(=O)(=O)N[C@@H](Cc3ccc(C(=O)OC(C)(C)C)cc3)C(=O)OC(C)(C)C)cc2)cc1)NC(=O)OC(C)(C)C. The molecule has 3 rings (SSSR count). The van der Waals surface area contributed by atoms with Crippen LogP contribution in [-0.2, 0) is 46.9 Å². The lowest BCUT2D eigenvalue weighted by Gasteiger charge is -2.29. The Morgan fingerprint density at radius 2 is 1.10 bits per heavy atom. The van der Waals surface area contributed by atoms with Gasteiger partial charge in [-0.05, 0) is 156 Å². The summed E-state index contributed by atoms with van der Waals surface area (Å²) in [7, 11) is -4.83. The third kappa shape index (κ3) is 17.8. The van der Waals surface area contributed by atoms with Crippen molar-refractivity contribution in [3.8, 4) is 5.75 Å². The Hall–Kier alpha value is -5.81. The summed E-state index contributed by atoms with van der Waals surface area (Å²) >= 11 is 0. The zero-order valence-corrected chi connectivity index (χ0v) is 37.9. The quantitative estimate of drug-likeness (QED) is 0.0585. The van der Waals surface area contributed by atoms with E-state index in [4.69, 9.17) is 23.7 Å². The van der Waals surface area contributed by atoms with Gasteiger partial charge in [0.2, 0.25) is 0 Å². The minimum atomic E-state index is -4.83. The maximum atomic E-state index is 14.1. The van der Waals surface area contributed by atoms with Crippen molar-refractivity contribution >= 4 is 51.8 Å². The summed E-state index contributed by atoms with van der Waals surface area (Å²) in [5.74, 6) is -1.75. The van der Waals surface area contributed by atoms with Crippen molar-refractivity contribution in [3.05, 3.63) is 95.1 Å². The molecule has 0 unspecified atom stereocenters. The third-order valence-corrected chi connectivity index (χ3v) is 8.88. The van der Waals surface area contributed by atoms with Crippen LogP contribution in [0, 0.1) is 0 Å². The van der Waals surface area contributed by atoms with Crippen LogP contribution in [0.2, 0.25) is 0 Å². The van der Waals surface area contributed by atoms with Crippen molar-refractivity contribution in [2.24, 2.45) is 4.99 Å². The Balaban J connectivity index is 1.81. The van der Waals surface area contributed by atoms with E-state index in [-0.39, 0.29) is 29.1 Å². The largest absolute Gasteiger partial charge is 0.459 e. The number of ether oxygens (including phenoxy) is 5. The Bertz CT molecular complexity index is 2180. The number of carbonyl (C=O) groups excluding carboxylic acids is 5. The number of alkyl carbamates (subject to hydrolysis) is 1. The molecule has 61 heavy (non-hydrogen) atoms. The number of amidine groups is 1. The van der Waals surface area contributed by atoms with Crippen LogP contribution in [-0.4, -0.2) is 77.1 Å². The second-order valence-corrected chi connectivity index (χ2v) is 19.6. The van der Waals surface area contributed by atoms with Crippen LogP contribution in [0.1, 0.15) is 122 Å². The molecule has 0 aliphatic carbocycles. The number of nitrogens with one attached hydrogen (secondary N) is 2. The Morgan fingerprint density at radius 3 is 1.61 bits per heavy atom. The van der Waals surface area contributed by atoms with E-state index in [1.54, 1.807) is 114 Å². The molecule has 0 bridgehead atoms. The van der Waals surface area contributed by atoms with E-state index in [2.05, 4.69) is 15.0 Å². The minimum absolute atomic E-state index is 0.126. The van der Waals surface area contributed by atoms with Crippen molar-refractivity contribution in [1.29, 1.82) is 0 Å². The first-order valence-electron chi connectivity index (χ1n) is 19.4. The monoisotopic (exact) mass is 866 g/mol. The number of aliphatic imine (C=N–C) groups is 1. The standard InChI is InChI=1S/C44H58N4O12S/c1-28(46-39(52)59-43(8,9)10)45-33-22-20-31(21-23-33)36(49)56-34-24-16-30(17-25-34)27-48(40(53)60-44(11,12)13)61(54,55)47-35(38(51)58-42(5,6)7)26-29-14-18-32(19-15-29)37(50)57-41(2,3)4/h14-25,35,47H,26-27H2,1-13H3,(H,45,46,52)/t35-/m0/s1. The molecule has 0 fully saturated rings. The molecule has 2 N–H and O–H groups in total. The van der Waals surface area contributed by atoms with E-state index in [0.717, 1.165) is 0 Å². The number of benzene rings is 3. The lowest BCUT2D eigenvalue weighted by Crippen LogP contribution is -2.52. The lowest BCUT2D eigenvalue weighted by atomic mass is 10.0. The van der Waals surface area contributed by atoms with E-state index in [1.165, 1.54) is 48.5 Å². The van der Waals surface area contributed by atoms with Crippen molar-refractivity contribution < 1.29 is 56.1 Å². The number of amides is 2. The second kappa shape index (κ2) is 19.7. The van der Waals surface area contributed by atoms with Gasteiger partial charge in [0.05, 0.1) is 23.4 Å². The average Bonchev–Trinajstić information content (AvgIpc) is 3.08. The van der Waals surface area contributed by atoms with Gasteiger partial charge in [0, 0.05) is 0 Å². The molecule has 2 amide bonds. The van der Waals surface area contributed by atoms with E-state index in [9.17, 15) is 32.4 Å². The number of rotatable bonds is 12. The number of hydrogen-bond donors (Lipinski definition) is 2. The predicted octanol–water partition coefficient (Wildman–Crippen LogP) is 7.96. The molecule has 0 saturated carbocycles. The molecule has 17 heteroatoms. The fraction of sp³-hybridized carbons (Fsp3) is 0.455. The van der Waals surface area contributed by atoms with Gasteiger partial charge >= 0.3 is 40.3 Å². The lowest BCUT2D eigenvalue weighted by molar-refractivity contribution is -0.157. The maximum absolute atomic E-state index is 14.1. The minimum Gasteiger partial charge on any atom is -0.459 e. The Labute approximate surface area is 358 Å². The molecule has 0 heterocycles. The van der Waals surface area contributed by atoms with Gasteiger partial charge in [0.15, 0.2) is 0 Å². The molecule has 0 radical (unpaired) electrons. The molecule has 3 aromatic carbocycles. The van der Waals surface area contributed by atoms with E-state index < -0.39 is 75.3 Å². The molecule has 0 spiro atoms. The first-order valence-corrected chi connectivity index (χ1v) is 20.9. The Kier molecular flexibility index (Phi) is 16.0. The smallest absolute Gasteiger partial charge is 0.425 e. The molecule has 0 aromatic heterocycles. The fourth-order valence-corrected chi connectivity index (χ4v) is 6.26. The van der Waals surface area contributed by atoms with Crippen LogP contribution in [0.4, 0.5) is 15.3 Å². The van der Waals surface area contributed by atoms with Crippen molar-refractivity contribution in [2.75, 3.05) is 0 Å².